The van der Waals surface area contributed by atoms with Gasteiger partial charge in [0.15, 0.2) is 23.2 Å². The molecule has 0 bridgehead atoms. The minimum atomic E-state index is -0.117. The Kier molecular flexibility index (Phi) is 7.29. The normalized spacial score (nSPS) is 11.1. The highest BCUT2D eigenvalue weighted by atomic mass is 32.1. The van der Waals surface area contributed by atoms with Crippen LogP contribution in [0.1, 0.15) is 17.5 Å². The zero-order chi connectivity index (χ0) is 21.7. The summed E-state index contributed by atoms with van der Waals surface area (Å²) in [5.74, 6) is 1.04. The second kappa shape index (κ2) is 9.91. The Labute approximate surface area is 182 Å². The molecule has 2 aromatic carbocycles. The molecule has 30 heavy (non-hydrogen) atoms. The van der Waals surface area contributed by atoms with Gasteiger partial charge in [-0.15, -0.1) is 0 Å². The van der Waals surface area contributed by atoms with Crippen LogP contribution in [0.25, 0.3) is 10.2 Å². The molecule has 1 aromatic heterocycles. The molecule has 3 aromatic rings. The SMILES string of the molecule is COc1ccccc1OCC(=O)N(CCCN(C)C)c1nc2c(C)ccc(C)c2s1. The van der Waals surface area contributed by atoms with Crippen LogP contribution >= 0.6 is 11.3 Å². The molecule has 0 aliphatic heterocycles. The number of benzene rings is 2. The lowest BCUT2D eigenvalue weighted by Crippen LogP contribution is -2.36. The quantitative estimate of drug-likeness (QED) is 0.510. The first-order valence-corrected chi connectivity index (χ1v) is 10.8. The summed E-state index contributed by atoms with van der Waals surface area (Å²) in [6, 6.07) is 11.5. The molecule has 0 saturated carbocycles. The Hall–Kier alpha value is -2.64. The third kappa shape index (κ3) is 5.09. The van der Waals surface area contributed by atoms with Gasteiger partial charge in [0.2, 0.25) is 0 Å². The smallest absolute Gasteiger partial charge is 0.266 e. The number of nitrogens with zero attached hydrogens (tertiary/aromatic N) is 3. The molecule has 3 rings (SSSR count). The molecule has 1 amide bonds. The molecule has 0 atom stereocenters. The number of carbonyl (C=O) groups excluding carboxylic acids is 1. The van der Waals surface area contributed by atoms with Crippen molar-refractivity contribution in [2.45, 2.75) is 20.3 Å². The third-order valence-electron chi connectivity index (χ3n) is 4.87. The van der Waals surface area contributed by atoms with Crippen molar-refractivity contribution in [3.8, 4) is 11.5 Å². The van der Waals surface area contributed by atoms with Gasteiger partial charge in [0.1, 0.15) is 0 Å². The number of anilines is 1. The van der Waals surface area contributed by atoms with Gasteiger partial charge < -0.3 is 14.4 Å². The van der Waals surface area contributed by atoms with Crippen molar-refractivity contribution in [3.63, 3.8) is 0 Å². The number of aryl methyl sites for hydroxylation is 2. The van der Waals surface area contributed by atoms with Crippen LogP contribution in [0, 0.1) is 13.8 Å². The van der Waals surface area contributed by atoms with Crippen molar-refractivity contribution < 1.29 is 14.3 Å². The fraction of sp³-hybridized carbons (Fsp3) is 0.391. The number of ether oxygens (including phenoxy) is 2. The van der Waals surface area contributed by atoms with Crippen LogP contribution in [0.2, 0.25) is 0 Å². The molecule has 0 aliphatic rings. The molecule has 0 N–H and O–H groups in total. The molecule has 0 spiro atoms. The zero-order valence-corrected chi connectivity index (χ0v) is 19.1. The standard InChI is InChI=1S/C23H29N3O3S/c1-16-11-12-17(2)22-21(16)24-23(30-22)26(14-8-13-25(3)4)20(27)15-29-19-10-7-6-9-18(19)28-5/h6-7,9-12H,8,13-15H2,1-5H3. The zero-order valence-electron chi connectivity index (χ0n) is 18.3. The van der Waals surface area contributed by atoms with Gasteiger partial charge in [-0.2, -0.15) is 0 Å². The predicted octanol–water partition coefficient (Wildman–Crippen LogP) is 4.29. The summed E-state index contributed by atoms with van der Waals surface area (Å²) < 4.78 is 12.2. The average molecular weight is 428 g/mol. The Morgan fingerprint density at radius 3 is 2.40 bits per heavy atom. The number of hydrogen-bond donors (Lipinski definition) is 0. The molecule has 0 aliphatic carbocycles. The lowest BCUT2D eigenvalue weighted by molar-refractivity contribution is -0.120. The minimum Gasteiger partial charge on any atom is -0.493 e. The number of thiazole rings is 1. The van der Waals surface area contributed by atoms with Crippen molar-refractivity contribution in [3.05, 3.63) is 47.5 Å². The summed E-state index contributed by atoms with van der Waals surface area (Å²) in [6.07, 6.45) is 0.848. The molecule has 1 heterocycles. The fourth-order valence-corrected chi connectivity index (χ4v) is 4.35. The van der Waals surface area contributed by atoms with E-state index in [1.54, 1.807) is 29.4 Å². The third-order valence-corrected chi connectivity index (χ3v) is 6.08. The van der Waals surface area contributed by atoms with Crippen LogP contribution in [-0.4, -0.2) is 56.7 Å². The van der Waals surface area contributed by atoms with E-state index in [2.05, 4.69) is 24.0 Å². The Balaban J connectivity index is 1.84. The highest BCUT2D eigenvalue weighted by Gasteiger charge is 2.21. The first kappa shape index (κ1) is 22.1. The molecule has 0 fully saturated rings. The minimum absolute atomic E-state index is 0.0732. The highest BCUT2D eigenvalue weighted by Crippen LogP contribution is 2.33. The van der Waals surface area contributed by atoms with Gasteiger partial charge in [-0.3, -0.25) is 9.69 Å². The van der Waals surface area contributed by atoms with Crippen molar-refractivity contribution in [2.24, 2.45) is 0 Å². The lowest BCUT2D eigenvalue weighted by Gasteiger charge is -2.21. The van der Waals surface area contributed by atoms with E-state index in [9.17, 15) is 4.79 Å². The summed E-state index contributed by atoms with van der Waals surface area (Å²) in [5.41, 5.74) is 3.25. The summed E-state index contributed by atoms with van der Waals surface area (Å²) in [5, 5.41) is 0.717. The monoisotopic (exact) mass is 427 g/mol. The van der Waals surface area contributed by atoms with Crippen molar-refractivity contribution in [1.29, 1.82) is 0 Å². The van der Waals surface area contributed by atoms with Gasteiger partial charge in [-0.05, 0) is 64.2 Å². The summed E-state index contributed by atoms with van der Waals surface area (Å²) in [4.78, 5) is 21.8. The second-order valence-corrected chi connectivity index (χ2v) is 8.49. The number of fused-ring (bicyclic) bond motifs is 1. The van der Waals surface area contributed by atoms with E-state index in [0.29, 0.717) is 18.0 Å². The molecule has 0 unspecified atom stereocenters. The van der Waals surface area contributed by atoms with Crippen molar-refractivity contribution in [1.82, 2.24) is 9.88 Å². The molecule has 0 saturated heterocycles. The van der Waals surface area contributed by atoms with Gasteiger partial charge in [-0.1, -0.05) is 35.6 Å². The largest absolute Gasteiger partial charge is 0.493 e. The van der Waals surface area contributed by atoms with E-state index in [1.807, 2.05) is 39.2 Å². The van der Waals surface area contributed by atoms with E-state index in [-0.39, 0.29) is 12.5 Å². The fourth-order valence-electron chi connectivity index (χ4n) is 3.19. The van der Waals surface area contributed by atoms with Crippen LogP contribution in [0.3, 0.4) is 0 Å². The van der Waals surface area contributed by atoms with Crippen LogP contribution < -0.4 is 14.4 Å². The number of methoxy groups -OCH3 is 1. The van der Waals surface area contributed by atoms with Gasteiger partial charge in [-0.25, -0.2) is 4.98 Å². The predicted molar refractivity (Wildman–Crippen MR) is 123 cm³/mol. The molecule has 6 nitrogen and oxygen atoms in total. The van der Waals surface area contributed by atoms with Gasteiger partial charge >= 0.3 is 0 Å². The number of hydrogen-bond acceptors (Lipinski definition) is 6. The van der Waals surface area contributed by atoms with Crippen molar-refractivity contribution >= 4 is 32.6 Å². The number of rotatable bonds is 9. The van der Waals surface area contributed by atoms with Gasteiger partial charge in [0.05, 0.1) is 17.3 Å². The van der Waals surface area contributed by atoms with Crippen LogP contribution in [0.5, 0.6) is 11.5 Å². The highest BCUT2D eigenvalue weighted by molar-refractivity contribution is 7.22. The summed E-state index contributed by atoms with van der Waals surface area (Å²) in [7, 11) is 5.64. The second-order valence-electron chi connectivity index (χ2n) is 7.52. The molecular formula is C23H29N3O3S. The summed E-state index contributed by atoms with van der Waals surface area (Å²) in [6.45, 7) is 5.53. The maximum atomic E-state index is 13.2. The van der Waals surface area contributed by atoms with Crippen molar-refractivity contribution in [2.75, 3.05) is 45.8 Å². The number of amides is 1. The maximum absolute atomic E-state index is 13.2. The van der Waals surface area contributed by atoms with E-state index >= 15 is 0 Å². The molecular weight excluding hydrogens is 398 g/mol. The van der Waals surface area contributed by atoms with Crippen LogP contribution in [0.15, 0.2) is 36.4 Å². The molecule has 160 valence electrons. The van der Waals surface area contributed by atoms with Gasteiger partial charge in [0, 0.05) is 6.54 Å². The van der Waals surface area contributed by atoms with Gasteiger partial charge in [0.25, 0.3) is 5.91 Å². The Morgan fingerprint density at radius 1 is 1.03 bits per heavy atom. The first-order valence-electron chi connectivity index (χ1n) is 9.98. The van der Waals surface area contributed by atoms with Crippen LogP contribution in [0.4, 0.5) is 5.13 Å². The number of carbonyl (C=O) groups is 1. The maximum Gasteiger partial charge on any atom is 0.266 e. The van der Waals surface area contributed by atoms with E-state index < -0.39 is 0 Å². The first-order chi connectivity index (χ1) is 14.4. The molecule has 7 heteroatoms. The van der Waals surface area contributed by atoms with E-state index in [0.717, 1.165) is 33.9 Å². The number of para-hydroxylation sites is 2. The molecule has 0 radical (unpaired) electrons. The van der Waals surface area contributed by atoms with E-state index in [1.165, 1.54) is 5.56 Å². The summed E-state index contributed by atoms with van der Waals surface area (Å²) >= 11 is 1.56. The van der Waals surface area contributed by atoms with Crippen LogP contribution in [-0.2, 0) is 4.79 Å². The lowest BCUT2D eigenvalue weighted by atomic mass is 10.1. The van der Waals surface area contributed by atoms with E-state index in [4.69, 9.17) is 14.5 Å². The topological polar surface area (TPSA) is 54.9 Å². The Morgan fingerprint density at radius 2 is 1.73 bits per heavy atom. The Bertz CT molecular complexity index is 977. The average Bonchev–Trinajstić information content (AvgIpc) is 3.18. The number of aromatic nitrogens is 1.